The molecule has 1 fully saturated rings. The lowest BCUT2D eigenvalue weighted by Crippen LogP contribution is -2.43. The summed E-state index contributed by atoms with van der Waals surface area (Å²) in [5.74, 6) is -0.430. The van der Waals surface area contributed by atoms with E-state index in [1.807, 2.05) is 30.3 Å². The highest BCUT2D eigenvalue weighted by atomic mass is 19.1. The van der Waals surface area contributed by atoms with Crippen molar-refractivity contribution in [2.75, 3.05) is 5.32 Å². The molecule has 2 aromatic rings. The van der Waals surface area contributed by atoms with Crippen LogP contribution in [-0.2, 0) is 19.4 Å². The van der Waals surface area contributed by atoms with Gasteiger partial charge in [0.25, 0.3) is 5.91 Å². The molecule has 6 heteroatoms. The van der Waals surface area contributed by atoms with Crippen LogP contribution in [0.4, 0.5) is 10.2 Å². The molecule has 1 aromatic heterocycles. The molecule has 1 aliphatic carbocycles. The van der Waals surface area contributed by atoms with Gasteiger partial charge < -0.3 is 16.4 Å². The SMILES string of the molecule is NC1CCCCC1Nc1nc(CCc2ccccc2)c2c(c1F)CNC2=O. The van der Waals surface area contributed by atoms with Crippen molar-refractivity contribution in [2.24, 2.45) is 5.73 Å². The first-order valence-corrected chi connectivity index (χ1v) is 9.69. The van der Waals surface area contributed by atoms with Gasteiger partial charge in [-0.2, -0.15) is 0 Å². The van der Waals surface area contributed by atoms with Gasteiger partial charge in [-0.05, 0) is 31.2 Å². The number of hydrogen-bond donors (Lipinski definition) is 3. The normalized spacial score (nSPS) is 21.6. The van der Waals surface area contributed by atoms with Gasteiger partial charge in [0.05, 0.1) is 11.3 Å². The van der Waals surface area contributed by atoms with Crippen LogP contribution >= 0.6 is 0 Å². The monoisotopic (exact) mass is 368 g/mol. The lowest BCUT2D eigenvalue weighted by atomic mass is 9.91. The summed E-state index contributed by atoms with van der Waals surface area (Å²) in [7, 11) is 0. The topological polar surface area (TPSA) is 80.0 Å². The Balaban J connectivity index is 1.63. The number of benzene rings is 1. The van der Waals surface area contributed by atoms with Gasteiger partial charge in [0.2, 0.25) is 0 Å². The summed E-state index contributed by atoms with van der Waals surface area (Å²) in [5, 5.41) is 5.96. The molecule has 0 spiro atoms. The molecule has 2 unspecified atom stereocenters. The number of nitrogens with zero attached hydrogens (tertiary/aromatic N) is 1. The van der Waals surface area contributed by atoms with Crippen LogP contribution in [0.1, 0.15) is 52.9 Å². The van der Waals surface area contributed by atoms with Crippen molar-refractivity contribution in [3.8, 4) is 0 Å². The Morgan fingerprint density at radius 1 is 1.19 bits per heavy atom. The van der Waals surface area contributed by atoms with Gasteiger partial charge in [-0.25, -0.2) is 9.37 Å². The largest absolute Gasteiger partial charge is 0.363 e. The number of halogens is 1. The first-order chi connectivity index (χ1) is 13.1. The number of aromatic nitrogens is 1. The van der Waals surface area contributed by atoms with Gasteiger partial charge in [-0.15, -0.1) is 0 Å². The maximum Gasteiger partial charge on any atom is 0.253 e. The van der Waals surface area contributed by atoms with Gasteiger partial charge in [-0.3, -0.25) is 4.79 Å². The number of anilines is 1. The quantitative estimate of drug-likeness (QED) is 0.758. The minimum Gasteiger partial charge on any atom is -0.363 e. The van der Waals surface area contributed by atoms with E-state index in [2.05, 4.69) is 15.6 Å². The Morgan fingerprint density at radius 3 is 2.74 bits per heavy atom. The van der Waals surface area contributed by atoms with Crippen LogP contribution in [-0.4, -0.2) is 23.0 Å². The number of carbonyl (C=O) groups is 1. The number of aryl methyl sites for hydroxylation is 2. The van der Waals surface area contributed by atoms with Crippen molar-refractivity contribution < 1.29 is 9.18 Å². The standard InChI is InChI=1S/C21H25FN4O/c22-19-14-12-24-21(27)18(14)17(11-10-13-6-2-1-3-7-13)26-20(19)25-16-9-5-4-8-15(16)23/h1-3,6-7,15-16H,4-5,8-12,23H2,(H,24,27)(H,25,26). The van der Waals surface area contributed by atoms with E-state index in [-0.39, 0.29) is 30.4 Å². The van der Waals surface area contributed by atoms with Crippen molar-refractivity contribution in [3.63, 3.8) is 0 Å². The highest BCUT2D eigenvalue weighted by molar-refractivity contribution is 5.99. The Labute approximate surface area is 158 Å². The van der Waals surface area contributed by atoms with E-state index in [4.69, 9.17) is 5.73 Å². The average Bonchev–Trinajstić information content (AvgIpc) is 3.08. The molecule has 142 valence electrons. The summed E-state index contributed by atoms with van der Waals surface area (Å²) >= 11 is 0. The van der Waals surface area contributed by atoms with E-state index in [1.54, 1.807) is 0 Å². The van der Waals surface area contributed by atoms with Crippen molar-refractivity contribution >= 4 is 11.7 Å². The number of hydrogen-bond acceptors (Lipinski definition) is 4. The van der Waals surface area contributed by atoms with Gasteiger partial charge >= 0.3 is 0 Å². The molecule has 0 radical (unpaired) electrons. The predicted molar refractivity (Wildman–Crippen MR) is 103 cm³/mol. The molecule has 2 atom stereocenters. The first-order valence-electron chi connectivity index (χ1n) is 9.69. The zero-order valence-corrected chi connectivity index (χ0v) is 15.3. The second-order valence-corrected chi connectivity index (χ2v) is 7.44. The minimum atomic E-state index is -0.426. The summed E-state index contributed by atoms with van der Waals surface area (Å²) in [6, 6.07) is 10.1. The molecule has 2 aliphatic rings. The molecule has 1 amide bonds. The summed E-state index contributed by atoms with van der Waals surface area (Å²) in [6.07, 6.45) is 5.38. The van der Waals surface area contributed by atoms with Gasteiger partial charge in [-0.1, -0.05) is 43.2 Å². The Morgan fingerprint density at radius 2 is 1.96 bits per heavy atom. The number of fused-ring (bicyclic) bond motifs is 1. The van der Waals surface area contributed by atoms with Crippen LogP contribution in [0.5, 0.6) is 0 Å². The molecular weight excluding hydrogens is 343 g/mol. The Kier molecular flexibility index (Phi) is 5.07. The summed E-state index contributed by atoms with van der Waals surface area (Å²) < 4.78 is 15.0. The first kappa shape index (κ1) is 17.9. The highest BCUT2D eigenvalue weighted by Crippen LogP contribution is 2.29. The Hall–Kier alpha value is -2.47. The van der Waals surface area contributed by atoms with Crippen LogP contribution in [0.25, 0.3) is 0 Å². The molecule has 2 heterocycles. The maximum atomic E-state index is 15.0. The lowest BCUT2D eigenvalue weighted by Gasteiger charge is -2.30. The third kappa shape index (κ3) is 3.67. The van der Waals surface area contributed by atoms with Crippen molar-refractivity contribution in [1.29, 1.82) is 0 Å². The van der Waals surface area contributed by atoms with Crippen molar-refractivity contribution in [2.45, 2.75) is 57.2 Å². The van der Waals surface area contributed by atoms with E-state index in [1.165, 1.54) is 5.56 Å². The van der Waals surface area contributed by atoms with E-state index >= 15 is 4.39 Å². The number of nitrogens with two attached hydrogens (primary N) is 1. The number of amides is 1. The minimum absolute atomic E-state index is 0.000676. The van der Waals surface area contributed by atoms with Crippen LogP contribution in [0.2, 0.25) is 0 Å². The van der Waals surface area contributed by atoms with E-state index in [9.17, 15) is 4.79 Å². The van der Waals surface area contributed by atoms with Crippen molar-refractivity contribution in [1.82, 2.24) is 10.3 Å². The maximum absolute atomic E-state index is 15.0. The van der Waals surface area contributed by atoms with E-state index < -0.39 is 5.82 Å². The molecule has 1 aromatic carbocycles. The Bertz CT molecular complexity index is 840. The summed E-state index contributed by atoms with van der Waals surface area (Å²) in [6.45, 7) is 0.215. The molecule has 4 rings (SSSR count). The molecule has 4 N–H and O–H groups in total. The summed E-state index contributed by atoms with van der Waals surface area (Å²) in [4.78, 5) is 16.8. The molecule has 1 aliphatic heterocycles. The number of rotatable bonds is 5. The zero-order chi connectivity index (χ0) is 18.8. The fourth-order valence-electron chi connectivity index (χ4n) is 4.06. The van der Waals surface area contributed by atoms with Gasteiger partial charge in [0, 0.05) is 24.2 Å². The number of carbonyl (C=O) groups excluding carboxylic acids is 1. The predicted octanol–water partition coefficient (Wildman–Crippen LogP) is 2.93. The lowest BCUT2D eigenvalue weighted by molar-refractivity contribution is 0.0964. The van der Waals surface area contributed by atoms with Gasteiger partial charge in [0.1, 0.15) is 0 Å². The van der Waals surface area contributed by atoms with Crippen LogP contribution in [0.3, 0.4) is 0 Å². The molecular formula is C21H25FN4O. The van der Waals surface area contributed by atoms with E-state index in [0.29, 0.717) is 23.2 Å². The fourth-order valence-corrected chi connectivity index (χ4v) is 4.06. The second-order valence-electron chi connectivity index (χ2n) is 7.44. The van der Waals surface area contributed by atoms with Crippen LogP contribution < -0.4 is 16.4 Å². The number of pyridine rings is 1. The van der Waals surface area contributed by atoms with Gasteiger partial charge in [0.15, 0.2) is 11.6 Å². The highest BCUT2D eigenvalue weighted by Gasteiger charge is 2.31. The molecule has 0 saturated heterocycles. The number of nitrogens with one attached hydrogen (secondary N) is 2. The summed E-state index contributed by atoms with van der Waals surface area (Å²) in [5.41, 5.74) is 8.85. The smallest absolute Gasteiger partial charge is 0.253 e. The molecule has 1 saturated carbocycles. The molecule has 27 heavy (non-hydrogen) atoms. The van der Waals surface area contributed by atoms with E-state index in [0.717, 1.165) is 32.1 Å². The third-order valence-corrected chi connectivity index (χ3v) is 5.60. The van der Waals surface area contributed by atoms with Crippen LogP contribution in [0, 0.1) is 5.82 Å². The van der Waals surface area contributed by atoms with Crippen LogP contribution in [0.15, 0.2) is 30.3 Å². The van der Waals surface area contributed by atoms with Crippen molar-refractivity contribution in [3.05, 3.63) is 58.5 Å². The third-order valence-electron chi connectivity index (χ3n) is 5.60. The fraction of sp³-hybridized carbons (Fsp3) is 0.429. The second kappa shape index (κ2) is 7.64. The average molecular weight is 368 g/mol. The molecule has 5 nitrogen and oxygen atoms in total. The zero-order valence-electron chi connectivity index (χ0n) is 15.3. The molecule has 0 bridgehead atoms.